The van der Waals surface area contributed by atoms with Gasteiger partial charge in [-0.15, -0.1) is 0 Å². The third-order valence-corrected chi connectivity index (χ3v) is 4.85. The van der Waals surface area contributed by atoms with E-state index in [1.54, 1.807) is 7.11 Å². The van der Waals surface area contributed by atoms with Gasteiger partial charge in [-0.3, -0.25) is 4.90 Å². The van der Waals surface area contributed by atoms with Crippen molar-refractivity contribution in [3.05, 3.63) is 54.1 Å². The van der Waals surface area contributed by atoms with Gasteiger partial charge in [-0.1, -0.05) is 24.3 Å². The molecule has 1 aliphatic heterocycles. The number of rotatable bonds is 8. The van der Waals surface area contributed by atoms with Gasteiger partial charge in [0.1, 0.15) is 0 Å². The molecule has 0 spiro atoms. The van der Waals surface area contributed by atoms with Crippen LogP contribution < -0.4 is 20.1 Å². The number of morpholine rings is 1. The number of benzene rings is 2. The van der Waals surface area contributed by atoms with Crippen LogP contribution in [0.2, 0.25) is 0 Å². The number of methoxy groups -OCH3 is 1. The van der Waals surface area contributed by atoms with Gasteiger partial charge in [0.05, 0.1) is 33.0 Å². The third kappa shape index (κ3) is 5.85. The first-order chi connectivity index (χ1) is 14.2. The summed E-state index contributed by atoms with van der Waals surface area (Å²) in [5.74, 6) is 1.41. The topological polar surface area (TPSA) is 72.1 Å². The maximum atomic E-state index is 12.4. The van der Waals surface area contributed by atoms with Crippen LogP contribution in [0.4, 0.5) is 10.5 Å². The van der Waals surface area contributed by atoms with E-state index >= 15 is 0 Å². The molecule has 156 valence electrons. The lowest BCUT2D eigenvalue weighted by atomic mass is 10.0. The van der Waals surface area contributed by atoms with Crippen molar-refractivity contribution in [1.82, 2.24) is 10.2 Å². The van der Waals surface area contributed by atoms with Crippen molar-refractivity contribution in [3.8, 4) is 11.5 Å². The summed E-state index contributed by atoms with van der Waals surface area (Å²) in [5, 5.41) is 5.86. The SMILES string of the molecule is CCOc1ccc(C(CNC(=O)Nc2ccccc2)N2CCOCC2)cc1OC. The summed E-state index contributed by atoms with van der Waals surface area (Å²) in [6.45, 7) is 5.96. The highest BCUT2D eigenvalue weighted by atomic mass is 16.5. The molecule has 2 N–H and O–H groups in total. The first-order valence-electron chi connectivity index (χ1n) is 9.93. The highest BCUT2D eigenvalue weighted by Gasteiger charge is 2.24. The van der Waals surface area contributed by atoms with Gasteiger partial charge in [0.2, 0.25) is 0 Å². The molecule has 29 heavy (non-hydrogen) atoms. The number of nitrogens with one attached hydrogen (secondary N) is 2. The van der Waals surface area contributed by atoms with Gasteiger partial charge < -0.3 is 24.8 Å². The van der Waals surface area contributed by atoms with Crippen molar-refractivity contribution in [2.45, 2.75) is 13.0 Å². The van der Waals surface area contributed by atoms with E-state index in [2.05, 4.69) is 15.5 Å². The fourth-order valence-electron chi connectivity index (χ4n) is 3.40. The second-order valence-electron chi connectivity index (χ2n) is 6.71. The molecule has 1 atom stereocenters. The molecule has 1 saturated heterocycles. The minimum atomic E-state index is -0.229. The molecule has 7 heteroatoms. The highest BCUT2D eigenvalue weighted by molar-refractivity contribution is 5.89. The zero-order valence-electron chi connectivity index (χ0n) is 17.0. The highest BCUT2D eigenvalue weighted by Crippen LogP contribution is 2.32. The molecule has 3 rings (SSSR count). The molecule has 2 aromatic carbocycles. The predicted molar refractivity (Wildman–Crippen MR) is 113 cm³/mol. The summed E-state index contributed by atoms with van der Waals surface area (Å²) in [6.07, 6.45) is 0. The molecule has 1 heterocycles. The summed E-state index contributed by atoms with van der Waals surface area (Å²) in [6, 6.07) is 15.1. The van der Waals surface area contributed by atoms with Crippen LogP contribution in [0.5, 0.6) is 11.5 Å². The number of hydrogen-bond acceptors (Lipinski definition) is 5. The molecule has 0 aromatic heterocycles. The summed E-state index contributed by atoms with van der Waals surface area (Å²) < 4.78 is 16.6. The van der Waals surface area contributed by atoms with Crippen LogP contribution in [0, 0.1) is 0 Å². The van der Waals surface area contributed by atoms with Gasteiger partial charge in [0, 0.05) is 25.3 Å². The first-order valence-corrected chi connectivity index (χ1v) is 9.93. The monoisotopic (exact) mass is 399 g/mol. The normalized spacial score (nSPS) is 15.4. The van der Waals surface area contributed by atoms with Crippen molar-refractivity contribution in [1.29, 1.82) is 0 Å². The first kappa shape index (κ1) is 21.0. The number of amides is 2. The van der Waals surface area contributed by atoms with Crippen LogP contribution in [0.1, 0.15) is 18.5 Å². The van der Waals surface area contributed by atoms with Gasteiger partial charge in [0.15, 0.2) is 11.5 Å². The number of para-hydroxylation sites is 1. The Kier molecular flexibility index (Phi) is 7.72. The Hall–Kier alpha value is -2.77. The molecular weight excluding hydrogens is 370 g/mol. The van der Waals surface area contributed by atoms with Crippen LogP contribution in [0.25, 0.3) is 0 Å². The van der Waals surface area contributed by atoms with Gasteiger partial charge in [-0.25, -0.2) is 4.79 Å². The zero-order chi connectivity index (χ0) is 20.5. The lowest BCUT2D eigenvalue weighted by Gasteiger charge is -2.35. The van der Waals surface area contributed by atoms with Crippen molar-refractivity contribution >= 4 is 11.7 Å². The van der Waals surface area contributed by atoms with Crippen LogP contribution in [-0.4, -0.2) is 57.5 Å². The molecule has 2 aromatic rings. The van der Waals surface area contributed by atoms with E-state index in [0.717, 1.165) is 24.3 Å². The summed E-state index contributed by atoms with van der Waals surface area (Å²) in [5.41, 5.74) is 1.82. The lowest BCUT2D eigenvalue weighted by Crippen LogP contribution is -2.44. The second-order valence-corrected chi connectivity index (χ2v) is 6.71. The predicted octanol–water partition coefficient (Wildman–Crippen LogP) is 3.29. The molecule has 1 aliphatic rings. The Morgan fingerprint density at radius 2 is 1.90 bits per heavy atom. The average molecular weight is 399 g/mol. The molecule has 0 radical (unpaired) electrons. The number of hydrogen-bond donors (Lipinski definition) is 2. The number of nitrogens with zero attached hydrogens (tertiary/aromatic N) is 1. The Balaban J connectivity index is 1.73. The Morgan fingerprint density at radius 1 is 1.14 bits per heavy atom. The maximum absolute atomic E-state index is 12.4. The molecule has 1 unspecified atom stereocenters. The van der Waals surface area contributed by atoms with Gasteiger partial charge in [-0.05, 0) is 36.8 Å². The Labute approximate surface area is 171 Å². The van der Waals surface area contributed by atoms with Crippen LogP contribution in [0.3, 0.4) is 0 Å². The van der Waals surface area contributed by atoms with E-state index in [0.29, 0.717) is 37.9 Å². The minimum Gasteiger partial charge on any atom is -0.493 e. The lowest BCUT2D eigenvalue weighted by molar-refractivity contribution is 0.0167. The van der Waals surface area contributed by atoms with E-state index in [4.69, 9.17) is 14.2 Å². The van der Waals surface area contributed by atoms with Crippen molar-refractivity contribution in [2.24, 2.45) is 0 Å². The molecule has 1 fully saturated rings. The summed E-state index contributed by atoms with van der Waals surface area (Å²) >= 11 is 0. The van der Waals surface area contributed by atoms with E-state index < -0.39 is 0 Å². The largest absolute Gasteiger partial charge is 0.493 e. The van der Waals surface area contributed by atoms with E-state index in [1.807, 2.05) is 55.5 Å². The van der Waals surface area contributed by atoms with E-state index in [1.165, 1.54) is 0 Å². The standard InChI is InChI=1S/C22H29N3O4/c1-3-29-20-10-9-17(15-21(20)27-2)19(25-11-13-28-14-12-25)16-23-22(26)24-18-7-5-4-6-8-18/h4-10,15,19H,3,11-14,16H2,1-2H3,(H2,23,24,26). The summed E-state index contributed by atoms with van der Waals surface area (Å²) in [4.78, 5) is 14.7. The second kappa shape index (κ2) is 10.7. The number of urea groups is 1. The van der Waals surface area contributed by atoms with Crippen LogP contribution in [-0.2, 0) is 4.74 Å². The van der Waals surface area contributed by atoms with Crippen molar-refractivity contribution in [3.63, 3.8) is 0 Å². The number of ether oxygens (including phenoxy) is 3. The number of carbonyl (C=O) groups excluding carboxylic acids is 1. The number of anilines is 1. The molecule has 0 saturated carbocycles. The maximum Gasteiger partial charge on any atom is 0.319 e. The van der Waals surface area contributed by atoms with Gasteiger partial charge in [-0.2, -0.15) is 0 Å². The molecule has 0 bridgehead atoms. The van der Waals surface area contributed by atoms with Gasteiger partial charge in [0.25, 0.3) is 0 Å². The molecule has 0 aliphatic carbocycles. The van der Waals surface area contributed by atoms with Crippen molar-refractivity contribution < 1.29 is 19.0 Å². The van der Waals surface area contributed by atoms with Gasteiger partial charge >= 0.3 is 6.03 Å². The molecule has 2 amide bonds. The quantitative estimate of drug-likeness (QED) is 0.713. The third-order valence-electron chi connectivity index (χ3n) is 4.85. The zero-order valence-corrected chi connectivity index (χ0v) is 17.0. The van der Waals surface area contributed by atoms with Crippen LogP contribution in [0.15, 0.2) is 48.5 Å². The smallest absolute Gasteiger partial charge is 0.319 e. The van der Waals surface area contributed by atoms with E-state index in [-0.39, 0.29) is 12.1 Å². The fourth-order valence-corrected chi connectivity index (χ4v) is 3.40. The van der Waals surface area contributed by atoms with E-state index in [9.17, 15) is 4.79 Å². The average Bonchev–Trinajstić information content (AvgIpc) is 2.76. The Bertz CT molecular complexity index is 779. The fraction of sp³-hybridized carbons (Fsp3) is 0.409. The van der Waals surface area contributed by atoms with Crippen LogP contribution >= 0.6 is 0 Å². The molecule has 7 nitrogen and oxygen atoms in total. The van der Waals surface area contributed by atoms with Crippen molar-refractivity contribution in [2.75, 3.05) is 51.9 Å². The number of carbonyl (C=O) groups is 1. The minimum absolute atomic E-state index is 0.00463. The Morgan fingerprint density at radius 3 is 2.59 bits per heavy atom. The summed E-state index contributed by atoms with van der Waals surface area (Å²) in [7, 11) is 1.64. The molecular formula is C22H29N3O4.